The lowest BCUT2D eigenvalue weighted by Crippen LogP contribution is -2.20. The minimum atomic E-state index is -0.445. The number of fused-ring (bicyclic) bond motifs is 1. The van der Waals surface area contributed by atoms with Gasteiger partial charge in [0.05, 0.1) is 16.8 Å². The number of carbonyl (C=O) groups excluding carboxylic acids is 2. The van der Waals surface area contributed by atoms with E-state index in [1.165, 1.54) is 0 Å². The van der Waals surface area contributed by atoms with Gasteiger partial charge in [-0.15, -0.1) is 0 Å². The molecule has 0 unspecified atom stereocenters. The first kappa shape index (κ1) is 19.2. The van der Waals surface area contributed by atoms with Crippen LogP contribution in [0, 0.1) is 13.8 Å². The van der Waals surface area contributed by atoms with Crippen LogP contribution in [0.2, 0.25) is 0 Å². The Labute approximate surface area is 162 Å². The number of aryl methyl sites for hydroxylation is 2. The highest BCUT2D eigenvalue weighted by atomic mass is 32.2. The summed E-state index contributed by atoms with van der Waals surface area (Å²) in [6, 6.07) is 13.4. The number of ether oxygens (including phenoxy) is 1. The number of esters is 1. The Morgan fingerprint density at radius 1 is 1.15 bits per heavy atom. The highest BCUT2D eigenvalue weighted by Gasteiger charge is 2.16. The number of rotatable bonds is 7. The van der Waals surface area contributed by atoms with Gasteiger partial charge in [0.1, 0.15) is 12.4 Å². The molecule has 0 N–H and O–H groups in total. The van der Waals surface area contributed by atoms with E-state index in [1.807, 2.05) is 67.1 Å². The quantitative estimate of drug-likeness (QED) is 0.457. The van der Waals surface area contributed by atoms with Crippen LogP contribution in [0.5, 0.6) is 0 Å². The molecule has 0 aliphatic rings. The van der Waals surface area contributed by atoms with Crippen LogP contribution in [0.15, 0.2) is 42.5 Å². The molecule has 0 saturated heterocycles. The van der Waals surface area contributed by atoms with E-state index in [0.717, 1.165) is 28.0 Å². The largest absolute Gasteiger partial charge is 0.456 e. The maximum Gasteiger partial charge on any atom is 0.326 e. The van der Waals surface area contributed by atoms with Gasteiger partial charge in [0.15, 0.2) is 6.61 Å². The zero-order chi connectivity index (χ0) is 19.4. The first-order valence-electron chi connectivity index (χ1n) is 8.68. The molecule has 0 aliphatic heterocycles. The second kappa shape index (κ2) is 8.39. The number of aromatic nitrogens is 2. The van der Waals surface area contributed by atoms with Crippen LogP contribution in [0.3, 0.4) is 0 Å². The average molecular weight is 382 g/mol. The van der Waals surface area contributed by atoms with Crippen molar-refractivity contribution in [2.24, 2.45) is 0 Å². The fourth-order valence-electron chi connectivity index (χ4n) is 2.98. The minimum absolute atomic E-state index is 0.0382. The Kier molecular flexibility index (Phi) is 5.96. The summed E-state index contributed by atoms with van der Waals surface area (Å²) in [6.07, 6.45) is 1.99. The van der Waals surface area contributed by atoms with Gasteiger partial charge >= 0.3 is 5.97 Å². The molecule has 0 bridgehead atoms. The number of hydrogen-bond acceptors (Lipinski definition) is 5. The Morgan fingerprint density at radius 3 is 2.70 bits per heavy atom. The van der Waals surface area contributed by atoms with Gasteiger partial charge in [-0.3, -0.25) is 9.59 Å². The standard InChI is InChI=1S/C21H22N2O3S/c1-14-8-9-15(2)16(10-14)19(24)12-26-21(25)11-23-18-7-5-4-6-17(18)22-20(23)13-27-3/h4-10H,11-13H2,1-3H3. The molecule has 140 valence electrons. The van der Waals surface area contributed by atoms with Gasteiger partial charge in [0.2, 0.25) is 5.78 Å². The SMILES string of the molecule is CSCc1nc2ccccc2n1CC(=O)OCC(=O)c1cc(C)ccc1C. The maximum atomic E-state index is 12.4. The molecule has 1 heterocycles. The lowest BCUT2D eigenvalue weighted by atomic mass is 10.0. The number of nitrogens with zero attached hydrogens (tertiary/aromatic N) is 2. The van der Waals surface area contributed by atoms with Gasteiger partial charge < -0.3 is 9.30 Å². The van der Waals surface area contributed by atoms with E-state index in [-0.39, 0.29) is 18.9 Å². The summed E-state index contributed by atoms with van der Waals surface area (Å²) in [5.74, 6) is 0.883. The van der Waals surface area contributed by atoms with Crippen LogP contribution in [-0.4, -0.2) is 34.2 Å². The minimum Gasteiger partial charge on any atom is -0.456 e. The molecular weight excluding hydrogens is 360 g/mol. The van der Waals surface area contributed by atoms with E-state index in [4.69, 9.17) is 4.74 Å². The fraction of sp³-hybridized carbons (Fsp3) is 0.286. The van der Waals surface area contributed by atoms with E-state index >= 15 is 0 Å². The predicted molar refractivity (Wildman–Crippen MR) is 108 cm³/mol. The normalized spacial score (nSPS) is 10.9. The molecule has 3 aromatic rings. The first-order chi connectivity index (χ1) is 13.0. The first-order valence-corrected chi connectivity index (χ1v) is 10.1. The summed E-state index contributed by atoms with van der Waals surface area (Å²) < 4.78 is 7.12. The van der Waals surface area contributed by atoms with Crippen LogP contribution in [0.4, 0.5) is 0 Å². The van der Waals surface area contributed by atoms with E-state index in [9.17, 15) is 9.59 Å². The number of carbonyl (C=O) groups is 2. The summed E-state index contributed by atoms with van der Waals surface area (Å²) in [4.78, 5) is 29.4. The number of Topliss-reactive ketones (excluding diaryl/α,β-unsaturated/α-hetero) is 1. The molecule has 27 heavy (non-hydrogen) atoms. The zero-order valence-electron chi connectivity index (χ0n) is 15.7. The van der Waals surface area contributed by atoms with Crippen molar-refractivity contribution in [2.75, 3.05) is 12.9 Å². The van der Waals surface area contributed by atoms with Gasteiger partial charge in [0.25, 0.3) is 0 Å². The molecule has 0 radical (unpaired) electrons. The van der Waals surface area contributed by atoms with Crippen LogP contribution in [-0.2, 0) is 21.8 Å². The molecule has 0 amide bonds. The van der Waals surface area contributed by atoms with Crippen molar-refractivity contribution >= 4 is 34.5 Å². The van der Waals surface area contributed by atoms with Crippen molar-refractivity contribution in [3.05, 3.63) is 65.0 Å². The van der Waals surface area contributed by atoms with Crippen LogP contribution >= 0.6 is 11.8 Å². The molecule has 5 nitrogen and oxygen atoms in total. The highest BCUT2D eigenvalue weighted by Crippen LogP contribution is 2.19. The second-order valence-corrected chi connectivity index (χ2v) is 7.30. The van der Waals surface area contributed by atoms with Crippen molar-refractivity contribution in [1.82, 2.24) is 9.55 Å². The van der Waals surface area contributed by atoms with Crippen molar-refractivity contribution in [3.8, 4) is 0 Å². The molecule has 0 spiro atoms. The molecule has 2 aromatic carbocycles. The molecule has 3 rings (SSSR count). The van der Waals surface area contributed by atoms with Crippen molar-refractivity contribution in [2.45, 2.75) is 26.1 Å². The lowest BCUT2D eigenvalue weighted by Gasteiger charge is -2.10. The average Bonchev–Trinajstić information content (AvgIpc) is 2.99. The van der Waals surface area contributed by atoms with Gasteiger partial charge in [-0.2, -0.15) is 11.8 Å². The molecule has 6 heteroatoms. The molecule has 0 saturated carbocycles. The molecular formula is C21H22N2O3S. The van der Waals surface area contributed by atoms with Crippen LogP contribution in [0.25, 0.3) is 11.0 Å². The van der Waals surface area contributed by atoms with Gasteiger partial charge in [-0.05, 0) is 43.9 Å². The van der Waals surface area contributed by atoms with E-state index in [2.05, 4.69) is 4.98 Å². The van der Waals surface area contributed by atoms with Crippen molar-refractivity contribution in [1.29, 1.82) is 0 Å². The summed E-state index contributed by atoms with van der Waals surface area (Å²) >= 11 is 1.64. The van der Waals surface area contributed by atoms with Crippen LogP contribution in [0.1, 0.15) is 27.3 Å². The van der Waals surface area contributed by atoms with Gasteiger partial charge in [-0.1, -0.05) is 29.8 Å². The number of thioether (sulfide) groups is 1. The Balaban J connectivity index is 1.71. The number of hydrogen-bond donors (Lipinski definition) is 0. The summed E-state index contributed by atoms with van der Waals surface area (Å²) in [5.41, 5.74) is 4.21. The third-order valence-corrected chi connectivity index (χ3v) is 4.90. The molecule has 0 aliphatic carbocycles. The number of ketones is 1. The smallest absolute Gasteiger partial charge is 0.326 e. The summed E-state index contributed by atoms with van der Waals surface area (Å²) in [7, 11) is 0. The number of benzene rings is 2. The second-order valence-electron chi connectivity index (χ2n) is 6.44. The number of para-hydroxylation sites is 2. The summed E-state index contributed by atoms with van der Waals surface area (Å²) in [6.45, 7) is 3.59. The van der Waals surface area contributed by atoms with Gasteiger partial charge in [0, 0.05) is 5.56 Å². The predicted octanol–water partition coefficient (Wildman–Crippen LogP) is 3.94. The molecule has 1 aromatic heterocycles. The third-order valence-electron chi connectivity index (χ3n) is 4.35. The van der Waals surface area contributed by atoms with E-state index in [0.29, 0.717) is 11.3 Å². The van der Waals surface area contributed by atoms with Gasteiger partial charge in [-0.25, -0.2) is 4.98 Å². The Morgan fingerprint density at radius 2 is 1.93 bits per heavy atom. The van der Waals surface area contributed by atoms with Crippen molar-refractivity contribution in [3.63, 3.8) is 0 Å². The monoisotopic (exact) mass is 382 g/mol. The Hall–Kier alpha value is -2.60. The zero-order valence-corrected chi connectivity index (χ0v) is 16.5. The van der Waals surface area contributed by atoms with Crippen LogP contribution < -0.4 is 0 Å². The number of imidazole rings is 1. The fourth-order valence-corrected chi connectivity index (χ4v) is 3.45. The molecule has 0 atom stereocenters. The Bertz CT molecular complexity index is 994. The van der Waals surface area contributed by atoms with E-state index in [1.54, 1.807) is 11.8 Å². The van der Waals surface area contributed by atoms with E-state index < -0.39 is 5.97 Å². The topological polar surface area (TPSA) is 61.2 Å². The molecule has 0 fully saturated rings. The third kappa shape index (κ3) is 4.39. The summed E-state index contributed by atoms with van der Waals surface area (Å²) in [5, 5.41) is 0. The highest BCUT2D eigenvalue weighted by molar-refractivity contribution is 7.97. The lowest BCUT2D eigenvalue weighted by molar-refractivity contribution is -0.143. The van der Waals surface area contributed by atoms with Crippen molar-refractivity contribution < 1.29 is 14.3 Å². The maximum absolute atomic E-state index is 12.4.